The van der Waals surface area contributed by atoms with Gasteiger partial charge in [-0.2, -0.15) is 13.2 Å². The van der Waals surface area contributed by atoms with E-state index in [0.717, 1.165) is 27.7 Å². The Morgan fingerprint density at radius 3 is 2.10 bits per heavy atom. The number of halogens is 3. The topological polar surface area (TPSA) is 85.6 Å². The minimum absolute atomic E-state index is 0.0267. The molecule has 0 spiro atoms. The first kappa shape index (κ1) is 31.1. The Balaban J connectivity index is 1.99. The number of hydrogen-bond acceptors (Lipinski definition) is 5. The van der Waals surface area contributed by atoms with Gasteiger partial charge in [0, 0.05) is 5.39 Å². The van der Waals surface area contributed by atoms with Gasteiger partial charge in [-0.25, -0.2) is 17.2 Å². The average Bonchev–Trinajstić information content (AvgIpc) is 3.33. The lowest BCUT2D eigenvalue weighted by atomic mass is 9.86. The second-order valence-electron chi connectivity index (χ2n) is 11.3. The third-order valence-corrected chi connectivity index (χ3v) is 9.33. The summed E-state index contributed by atoms with van der Waals surface area (Å²) >= 11 is 0. The quantitative estimate of drug-likeness (QED) is 0.181. The zero-order chi connectivity index (χ0) is 31.3. The second kappa shape index (κ2) is 10.7. The van der Waals surface area contributed by atoms with Gasteiger partial charge in [0.25, 0.3) is 0 Å². The molecule has 0 aliphatic heterocycles. The molecule has 0 saturated carbocycles. The molecular weight excluding hydrogens is 567 g/mol. The molecule has 4 rings (SSSR count). The molecule has 0 aliphatic rings. The van der Waals surface area contributed by atoms with Crippen molar-refractivity contribution in [2.24, 2.45) is 0 Å². The summed E-state index contributed by atoms with van der Waals surface area (Å²) < 4.78 is 75.3. The van der Waals surface area contributed by atoms with Crippen molar-refractivity contribution >= 4 is 26.9 Å². The summed E-state index contributed by atoms with van der Waals surface area (Å²) in [7, 11) is -3.24. The van der Waals surface area contributed by atoms with Gasteiger partial charge in [-0.3, -0.25) is 0 Å². The van der Waals surface area contributed by atoms with Crippen LogP contribution >= 0.6 is 0 Å². The summed E-state index contributed by atoms with van der Waals surface area (Å²) in [5.41, 5.74) is -1.78. The van der Waals surface area contributed by atoms with Crippen LogP contribution in [-0.2, 0) is 32.0 Å². The molecule has 0 saturated heterocycles. The molecule has 42 heavy (non-hydrogen) atoms. The van der Waals surface area contributed by atoms with Crippen molar-refractivity contribution in [3.05, 3.63) is 119 Å². The molecule has 2 unspecified atom stereocenters. The van der Waals surface area contributed by atoms with Crippen molar-refractivity contribution < 1.29 is 36.2 Å². The summed E-state index contributed by atoms with van der Waals surface area (Å²) in [6, 6.07) is 16.7. The largest absolute Gasteiger partial charge is 0.465 e. The number of nitrogens with zero attached hydrogens (tertiary/aromatic N) is 1. The van der Waals surface area contributed by atoms with Crippen LogP contribution in [0.3, 0.4) is 0 Å². The van der Waals surface area contributed by atoms with Crippen LogP contribution in [-0.4, -0.2) is 30.6 Å². The molecule has 3 aromatic carbocycles. The lowest BCUT2D eigenvalue weighted by Gasteiger charge is -2.28. The molecule has 0 aliphatic carbocycles. The number of alkyl halides is 3. The highest BCUT2D eigenvalue weighted by molar-refractivity contribution is 7.90. The number of methoxy groups -OCH3 is 1. The zero-order valence-corrected chi connectivity index (χ0v) is 24.7. The Morgan fingerprint density at radius 2 is 1.55 bits per heavy atom. The molecule has 1 heterocycles. The maximum atomic E-state index is 14.5. The first-order valence-electron chi connectivity index (χ1n) is 13.0. The van der Waals surface area contributed by atoms with Crippen LogP contribution in [0.5, 0.6) is 0 Å². The van der Waals surface area contributed by atoms with Gasteiger partial charge in [-0.15, -0.1) is 6.58 Å². The molecule has 0 radical (unpaired) electrons. The maximum Gasteiger partial charge on any atom is 0.416 e. The van der Waals surface area contributed by atoms with E-state index in [2.05, 4.69) is 6.58 Å². The van der Waals surface area contributed by atoms with Gasteiger partial charge in [-0.1, -0.05) is 63.2 Å². The van der Waals surface area contributed by atoms with Crippen LogP contribution in [0.2, 0.25) is 0 Å². The molecule has 0 bridgehead atoms. The number of carbonyl (C=O) groups is 1. The minimum Gasteiger partial charge on any atom is -0.465 e. The van der Waals surface area contributed by atoms with Gasteiger partial charge in [0.2, 0.25) is 10.0 Å². The minimum atomic E-state index is -4.67. The van der Waals surface area contributed by atoms with Crippen molar-refractivity contribution in [3.8, 4) is 0 Å². The van der Waals surface area contributed by atoms with Crippen molar-refractivity contribution in [3.63, 3.8) is 0 Å². The normalized spacial score (nSPS) is 14.8. The lowest BCUT2D eigenvalue weighted by Crippen LogP contribution is -2.31. The van der Waals surface area contributed by atoms with Crippen molar-refractivity contribution in [1.29, 1.82) is 0 Å². The molecular formula is C32H32F3NO5S. The van der Waals surface area contributed by atoms with Crippen molar-refractivity contribution in [2.45, 2.75) is 50.1 Å². The first-order valence-corrected chi connectivity index (χ1v) is 14.5. The predicted octanol–water partition coefficient (Wildman–Crippen LogP) is 7.11. The number of esters is 1. The molecule has 4 aromatic rings. The fourth-order valence-corrected chi connectivity index (χ4v) is 6.81. The lowest BCUT2D eigenvalue weighted by molar-refractivity contribution is -0.137. The summed E-state index contributed by atoms with van der Waals surface area (Å²) in [4.78, 5) is 11.9. The van der Waals surface area contributed by atoms with Gasteiger partial charge in [-0.05, 0) is 65.4 Å². The molecule has 10 heteroatoms. The molecule has 6 nitrogen and oxygen atoms in total. The Hall–Kier alpha value is -3.89. The van der Waals surface area contributed by atoms with Crippen molar-refractivity contribution in [1.82, 2.24) is 3.97 Å². The van der Waals surface area contributed by atoms with E-state index in [1.54, 1.807) is 18.2 Å². The number of benzene rings is 3. The molecule has 222 valence electrons. The van der Waals surface area contributed by atoms with Crippen LogP contribution < -0.4 is 0 Å². The van der Waals surface area contributed by atoms with E-state index in [4.69, 9.17) is 4.74 Å². The Labute approximate surface area is 243 Å². The fraction of sp³-hybridized carbons (Fsp3) is 0.281. The predicted molar refractivity (Wildman–Crippen MR) is 156 cm³/mol. The summed E-state index contributed by atoms with van der Waals surface area (Å²) in [5.74, 6) is -0.608. The van der Waals surface area contributed by atoms with E-state index in [-0.39, 0.29) is 33.1 Å². The molecule has 2 atom stereocenters. The Bertz CT molecular complexity index is 1760. The highest BCUT2D eigenvalue weighted by atomic mass is 32.2. The van der Waals surface area contributed by atoms with E-state index < -0.39 is 38.6 Å². The van der Waals surface area contributed by atoms with E-state index in [0.29, 0.717) is 5.56 Å². The third kappa shape index (κ3) is 5.61. The van der Waals surface area contributed by atoms with Gasteiger partial charge < -0.3 is 9.84 Å². The average molecular weight is 600 g/mol. The Morgan fingerprint density at radius 1 is 0.929 bits per heavy atom. The molecule has 0 amide bonds. The smallest absolute Gasteiger partial charge is 0.416 e. The second-order valence-corrected chi connectivity index (χ2v) is 13.2. The summed E-state index contributed by atoms with van der Waals surface area (Å²) in [5, 5.41) is 10.5. The number of carbonyl (C=O) groups excluding carboxylic acids is 1. The number of ether oxygens (including phenoxy) is 1. The third-order valence-electron chi connectivity index (χ3n) is 7.32. The van der Waals surface area contributed by atoms with E-state index >= 15 is 0 Å². The van der Waals surface area contributed by atoms with Crippen molar-refractivity contribution in [2.75, 3.05) is 7.11 Å². The highest BCUT2D eigenvalue weighted by Gasteiger charge is 2.39. The Kier molecular flexibility index (Phi) is 7.94. The number of aliphatic hydroxyl groups is 1. The standard InChI is InChI=1S/C32H32F3NO5S/c1-7-27(21-9-8-10-24(17-21)30(2,3)4)42(39,40)36-26-16-15-25(32(33,34)35)18-22(26)19-28(36)31(5,38)23-13-11-20(12-14-23)29(37)41-6/h7-19,27,38H,1H2,2-6H3. The summed E-state index contributed by atoms with van der Waals surface area (Å²) in [6.07, 6.45) is -3.41. The number of aromatic nitrogens is 1. The van der Waals surface area contributed by atoms with E-state index in [1.807, 2.05) is 26.8 Å². The van der Waals surface area contributed by atoms with Gasteiger partial charge in [0.05, 0.1) is 29.4 Å². The van der Waals surface area contributed by atoms with E-state index in [9.17, 15) is 31.5 Å². The number of fused-ring (bicyclic) bond motifs is 1. The monoisotopic (exact) mass is 599 g/mol. The molecule has 1 N–H and O–H groups in total. The molecule has 1 aromatic heterocycles. The van der Waals surface area contributed by atoms with E-state index in [1.165, 1.54) is 50.4 Å². The zero-order valence-electron chi connectivity index (χ0n) is 23.9. The SMILES string of the molecule is C=CC(c1cccc(C(C)(C)C)c1)S(=O)(=O)n1c(C(C)(O)c2ccc(C(=O)OC)cc2)cc2cc(C(F)(F)F)ccc21. The van der Waals surface area contributed by atoms with Gasteiger partial charge >= 0.3 is 12.1 Å². The fourth-order valence-electron chi connectivity index (χ4n) is 4.90. The first-order chi connectivity index (χ1) is 19.4. The number of hydrogen-bond donors (Lipinski definition) is 1. The summed E-state index contributed by atoms with van der Waals surface area (Å²) in [6.45, 7) is 11.1. The molecule has 0 fully saturated rings. The van der Waals surface area contributed by atoms with Crippen LogP contribution in [0.1, 0.15) is 71.3 Å². The highest BCUT2D eigenvalue weighted by Crippen LogP contribution is 2.40. The van der Waals surface area contributed by atoms with Crippen LogP contribution in [0.15, 0.2) is 85.5 Å². The maximum absolute atomic E-state index is 14.5. The van der Waals surface area contributed by atoms with Gasteiger partial charge in [0.1, 0.15) is 10.9 Å². The van der Waals surface area contributed by atoms with Crippen LogP contribution in [0, 0.1) is 0 Å². The van der Waals surface area contributed by atoms with Crippen LogP contribution in [0.4, 0.5) is 13.2 Å². The van der Waals surface area contributed by atoms with Crippen LogP contribution in [0.25, 0.3) is 10.9 Å². The van der Waals surface area contributed by atoms with Gasteiger partial charge in [0.15, 0.2) is 0 Å². The number of rotatable bonds is 7.